The fraction of sp³-hybridized carbons (Fsp3) is 0.133. The molecular formula is C15H13Cl3N2O. The van der Waals surface area contributed by atoms with Crippen LogP contribution in [0.3, 0.4) is 0 Å². The van der Waals surface area contributed by atoms with Crippen LogP contribution in [0.4, 0.5) is 11.4 Å². The van der Waals surface area contributed by atoms with Crippen LogP contribution in [0.15, 0.2) is 42.5 Å². The molecule has 0 fully saturated rings. The molecule has 0 atom stereocenters. The standard InChI is InChI=1S/C15H13Cl3N2O/c16-10-2-1-3-12(8-10)19-7-6-15(21)20-14-9-11(17)4-5-13(14)18/h1-5,8-9,19H,6-7H2,(H,20,21). The molecule has 2 rings (SSSR count). The molecule has 0 radical (unpaired) electrons. The van der Waals surface area contributed by atoms with E-state index >= 15 is 0 Å². The third kappa shape index (κ3) is 5.12. The highest BCUT2D eigenvalue weighted by Gasteiger charge is 2.06. The van der Waals surface area contributed by atoms with Crippen molar-refractivity contribution in [2.45, 2.75) is 6.42 Å². The number of halogens is 3. The minimum Gasteiger partial charge on any atom is -0.384 e. The Morgan fingerprint density at radius 3 is 2.52 bits per heavy atom. The largest absolute Gasteiger partial charge is 0.384 e. The zero-order valence-electron chi connectivity index (χ0n) is 11.0. The monoisotopic (exact) mass is 342 g/mol. The normalized spacial score (nSPS) is 10.2. The van der Waals surface area contributed by atoms with Crippen LogP contribution in [0.25, 0.3) is 0 Å². The van der Waals surface area contributed by atoms with Crippen molar-refractivity contribution in [2.24, 2.45) is 0 Å². The predicted molar refractivity (Wildman–Crippen MR) is 89.7 cm³/mol. The lowest BCUT2D eigenvalue weighted by Gasteiger charge is -2.09. The van der Waals surface area contributed by atoms with E-state index in [1.165, 1.54) is 0 Å². The van der Waals surface area contributed by atoms with Crippen LogP contribution in [0, 0.1) is 0 Å². The van der Waals surface area contributed by atoms with Crippen molar-refractivity contribution in [2.75, 3.05) is 17.2 Å². The summed E-state index contributed by atoms with van der Waals surface area (Å²) in [6.45, 7) is 0.490. The Kier molecular flexibility index (Phi) is 5.74. The number of nitrogens with one attached hydrogen (secondary N) is 2. The maximum atomic E-state index is 11.9. The third-order valence-electron chi connectivity index (χ3n) is 2.71. The number of rotatable bonds is 5. The topological polar surface area (TPSA) is 41.1 Å². The van der Waals surface area contributed by atoms with Gasteiger partial charge in [0.25, 0.3) is 0 Å². The van der Waals surface area contributed by atoms with E-state index in [1.54, 1.807) is 30.3 Å². The smallest absolute Gasteiger partial charge is 0.226 e. The Morgan fingerprint density at radius 2 is 1.76 bits per heavy atom. The Bertz CT molecular complexity index is 647. The number of carbonyl (C=O) groups excluding carboxylic acids is 1. The van der Waals surface area contributed by atoms with Gasteiger partial charge in [0.1, 0.15) is 0 Å². The van der Waals surface area contributed by atoms with Crippen LogP contribution in [0.2, 0.25) is 15.1 Å². The van der Waals surface area contributed by atoms with Gasteiger partial charge in [-0.25, -0.2) is 0 Å². The number of amides is 1. The summed E-state index contributed by atoms with van der Waals surface area (Å²) >= 11 is 17.7. The highest BCUT2D eigenvalue weighted by molar-refractivity contribution is 6.35. The second-order valence-corrected chi connectivity index (χ2v) is 5.64. The van der Waals surface area contributed by atoms with E-state index in [1.807, 2.05) is 12.1 Å². The van der Waals surface area contributed by atoms with Gasteiger partial charge in [-0.3, -0.25) is 4.79 Å². The second-order valence-electron chi connectivity index (χ2n) is 4.36. The molecule has 2 aromatic carbocycles. The Labute approximate surface area is 138 Å². The van der Waals surface area contributed by atoms with Crippen LogP contribution < -0.4 is 10.6 Å². The highest BCUT2D eigenvalue weighted by Crippen LogP contribution is 2.25. The molecule has 1 amide bonds. The van der Waals surface area contributed by atoms with Crippen molar-refractivity contribution < 1.29 is 4.79 Å². The van der Waals surface area contributed by atoms with E-state index < -0.39 is 0 Å². The van der Waals surface area contributed by atoms with Gasteiger partial charge in [0.2, 0.25) is 5.91 Å². The summed E-state index contributed by atoms with van der Waals surface area (Å²) in [6, 6.07) is 12.2. The lowest BCUT2D eigenvalue weighted by atomic mass is 10.3. The van der Waals surface area contributed by atoms with Gasteiger partial charge in [-0.2, -0.15) is 0 Å². The molecule has 0 aromatic heterocycles. The number of benzene rings is 2. The number of hydrogen-bond acceptors (Lipinski definition) is 2. The molecular weight excluding hydrogens is 331 g/mol. The van der Waals surface area contributed by atoms with E-state index in [9.17, 15) is 4.79 Å². The first-order valence-corrected chi connectivity index (χ1v) is 7.42. The zero-order valence-corrected chi connectivity index (χ0v) is 13.3. The molecule has 2 N–H and O–H groups in total. The predicted octanol–water partition coefficient (Wildman–Crippen LogP) is 5.09. The summed E-state index contributed by atoms with van der Waals surface area (Å²) in [5, 5.41) is 7.47. The van der Waals surface area contributed by atoms with Crippen molar-refractivity contribution in [3.8, 4) is 0 Å². The maximum absolute atomic E-state index is 11.9. The van der Waals surface area contributed by atoms with Gasteiger partial charge < -0.3 is 10.6 Å². The van der Waals surface area contributed by atoms with Crippen molar-refractivity contribution in [1.82, 2.24) is 0 Å². The van der Waals surface area contributed by atoms with Crippen LogP contribution in [0.1, 0.15) is 6.42 Å². The number of anilines is 2. The van der Waals surface area contributed by atoms with Crippen LogP contribution in [-0.4, -0.2) is 12.5 Å². The van der Waals surface area contributed by atoms with E-state index in [0.717, 1.165) is 5.69 Å². The van der Waals surface area contributed by atoms with Gasteiger partial charge in [0.05, 0.1) is 10.7 Å². The molecule has 21 heavy (non-hydrogen) atoms. The molecule has 0 bridgehead atoms. The third-order valence-corrected chi connectivity index (χ3v) is 3.51. The maximum Gasteiger partial charge on any atom is 0.226 e. The Balaban J connectivity index is 1.84. The number of carbonyl (C=O) groups is 1. The summed E-state index contributed by atoms with van der Waals surface area (Å²) in [5.41, 5.74) is 1.38. The second kappa shape index (κ2) is 7.55. The molecule has 0 aliphatic heterocycles. The van der Waals surface area contributed by atoms with Crippen molar-refractivity contribution in [1.29, 1.82) is 0 Å². The molecule has 0 aliphatic carbocycles. The average molecular weight is 344 g/mol. The minimum absolute atomic E-state index is 0.145. The van der Waals surface area contributed by atoms with Crippen LogP contribution in [0.5, 0.6) is 0 Å². The van der Waals surface area contributed by atoms with E-state index in [0.29, 0.717) is 33.7 Å². The zero-order chi connectivity index (χ0) is 15.2. The summed E-state index contributed by atoms with van der Waals surface area (Å²) in [4.78, 5) is 11.9. The minimum atomic E-state index is -0.145. The molecule has 6 heteroatoms. The molecule has 0 aliphatic rings. The molecule has 0 unspecified atom stereocenters. The lowest BCUT2D eigenvalue weighted by Crippen LogP contribution is -2.16. The summed E-state index contributed by atoms with van der Waals surface area (Å²) in [6.07, 6.45) is 0.301. The molecule has 0 spiro atoms. The van der Waals surface area contributed by atoms with Crippen LogP contribution in [-0.2, 0) is 4.79 Å². The molecule has 110 valence electrons. The molecule has 3 nitrogen and oxygen atoms in total. The summed E-state index contributed by atoms with van der Waals surface area (Å²) in [7, 11) is 0. The highest BCUT2D eigenvalue weighted by atomic mass is 35.5. The van der Waals surface area contributed by atoms with Gasteiger partial charge in [-0.1, -0.05) is 40.9 Å². The van der Waals surface area contributed by atoms with E-state index in [2.05, 4.69) is 10.6 Å². The van der Waals surface area contributed by atoms with E-state index in [-0.39, 0.29) is 5.91 Å². The lowest BCUT2D eigenvalue weighted by molar-refractivity contribution is -0.115. The van der Waals surface area contributed by atoms with Crippen molar-refractivity contribution in [3.63, 3.8) is 0 Å². The van der Waals surface area contributed by atoms with Crippen molar-refractivity contribution >= 4 is 52.1 Å². The quantitative estimate of drug-likeness (QED) is 0.794. The first kappa shape index (κ1) is 16.0. The molecule has 2 aromatic rings. The fourth-order valence-electron chi connectivity index (χ4n) is 1.72. The average Bonchev–Trinajstić information content (AvgIpc) is 2.43. The SMILES string of the molecule is O=C(CCNc1cccc(Cl)c1)Nc1cc(Cl)ccc1Cl. The summed E-state index contributed by atoms with van der Waals surface area (Å²) in [5.74, 6) is -0.145. The molecule has 0 saturated heterocycles. The van der Waals surface area contributed by atoms with Crippen LogP contribution >= 0.6 is 34.8 Å². The first-order chi connectivity index (χ1) is 10.0. The van der Waals surface area contributed by atoms with Gasteiger partial charge in [-0.15, -0.1) is 0 Å². The van der Waals surface area contributed by atoms with Gasteiger partial charge >= 0.3 is 0 Å². The first-order valence-electron chi connectivity index (χ1n) is 6.29. The van der Waals surface area contributed by atoms with Gasteiger partial charge in [0.15, 0.2) is 0 Å². The van der Waals surface area contributed by atoms with Crippen molar-refractivity contribution in [3.05, 3.63) is 57.5 Å². The molecule has 0 heterocycles. The van der Waals surface area contributed by atoms with Gasteiger partial charge in [-0.05, 0) is 36.4 Å². The van der Waals surface area contributed by atoms with Gasteiger partial charge in [0, 0.05) is 28.7 Å². The molecule has 0 saturated carbocycles. The Hall–Kier alpha value is -1.42. The summed E-state index contributed by atoms with van der Waals surface area (Å²) < 4.78 is 0. The fourth-order valence-corrected chi connectivity index (χ4v) is 2.25. The number of hydrogen-bond donors (Lipinski definition) is 2. The van der Waals surface area contributed by atoms with E-state index in [4.69, 9.17) is 34.8 Å². The Morgan fingerprint density at radius 1 is 1.00 bits per heavy atom.